The third kappa shape index (κ3) is 3.75. The highest BCUT2D eigenvalue weighted by Gasteiger charge is 2.09. The standard InChI is InChI=1S/C17H22N2O/c1-3-20-16-9-7-14(8-10-16)17(12-18)19-15-6-4-5-13(2)11-15/h4-11,17,19H,3,12,18H2,1-2H3. The van der Waals surface area contributed by atoms with Gasteiger partial charge in [0.25, 0.3) is 0 Å². The first-order chi connectivity index (χ1) is 9.72. The van der Waals surface area contributed by atoms with Gasteiger partial charge in [0.1, 0.15) is 5.75 Å². The molecule has 0 aliphatic carbocycles. The maximum absolute atomic E-state index is 5.89. The summed E-state index contributed by atoms with van der Waals surface area (Å²) in [5.74, 6) is 0.891. The van der Waals surface area contributed by atoms with Gasteiger partial charge in [-0.3, -0.25) is 0 Å². The Hall–Kier alpha value is -2.00. The molecule has 0 spiro atoms. The zero-order valence-corrected chi connectivity index (χ0v) is 12.1. The maximum Gasteiger partial charge on any atom is 0.119 e. The van der Waals surface area contributed by atoms with Crippen LogP contribution >= 0.6 is 0 Å². The molecule has 1 atom stereocenters. The number of hydrogen-bond donors (Lipinski definition) is 2. The van der Waals surface area contributed by atoms with E-state index >= 15 is 0 Å². The summed E-state index contributed by atoms with van der Waals surface area (Å²) in [6.07, 6.45) is 0. The van der Waals surface area contributed by atoms with Gasteiger partial charge < -0.3 is 15.8 Å². The van der Waals surface area contributed by atoms with Gasteiger partial charge in [0, 0.05) is 12.2 Å². The molecule has 2 aromatic rings. The molecule has 3 nitrogen and oxygen atoms in total. The molecule has 1 unspecified atom stereocenters. The van der Waals surface area contributed by atoms with E-state index in [0.717, 1.165) is 17.0 Å². The number of rotatable bonds is 6. The lowest BCUT2D eigenvalue weighted by Crippen LogP contribution is -2.20. The van der Waals surface area contributed by atoms with Crippen molar-refractivity contribution in [2.24, 2.45) is 5.73 Å². The van der Waals surface area contributed by atoms with Crippen molar-refractivity contribution >= 4 is 5.69 Å². The summed E-state index contributed by atoms with van der Waals surface area (Å²) in [5.41, 5.74) is 9.38. The van der Waals surface area contributed by atoms with E-state index < -0.39 is 0 Å². The minimum atomic E-state index is 0.104. The Kier molecular flexibility index (Phi) is 5.02. The normalized spacial score (nSPS) is 11.9. The molecular formula is C17H22N2O. The molecule has 2 rings (SSSR count). The molecule has 0 bridgehead atoms. The third-order valence-electron chi connectivity index (χ3n) is 3.19. The van der Waals surface area contributed by atoms with E-state index in [0.29, 0.717) is 13.2 Å². The predicted molar refractivity (Wildman–Crippen MR) is 84.2 cm³/mol. The zero-order valence-electron chi connectivity index (χ0n) is 12.1. The van der Waals surface area contributed by atoms with Gasteiger partial charge in [-0.25, -0.2) is 0 Å². The molecule has 0 radical (unpaired) electrons. The average Bonchev–Trinajstić information content (AvgIpc) is 2.46. The summed E-state index contributed by atoms with van der Waals surface area (Å²) in [6, 6.07) is 16.5. The van der Waals surface area contributed by atoms with Gasteiger partial charge >= 0.3 is 0 Å². The Morgan fingerprint density at radius 1 is 1.15 bits per heavy atom. The van der Waals surface area contributed by atoms with Crippen molar-refractivity contribution in [3.05, 3.63) is 59.7 Å². The van der Waals surface area contributed by atoms with Crippen LogP contribution in [0.3, 0.4) is 0 Å². The molecular weight excluding hydrogens is 248 g/mol. The van der Waals surface area contributed by atoms with E-state index in [2.05, 4.69) is 42.6 Å². The second kappa shape index (κ2) is 6.96. The molecule has 3 heteroatoms. The largest absolute Gasteiger partial charge is 0.494 e. The molecule has 0 aromatic heterocycles. The molecule has 0 fully saturated rings. The highest BCUT2D eigenvalue weighted by atomic mass is 16.5. The maximum atomic E-state index is 5.89. The molecule has 0 aliphatic heterocycles. The molecule has 106 valence electrons. The Bertz CT molecular complexity index is 537. The van der Waals surface area contributed by atoms with E-state index in [9.17, 15) is 0 Å². The van der Waals surface area contributed by atoms with Crippen molar-refractivity contribution in [3.8, 4) is 5.75 Å². The Labute approximate surface area is 120 Å². The number of benzene rings is 2. The first kappa shape index (κ1) is 14.4. The fraction of sp³-hybridized carbons (Fsp3) is 0.294. The lowest BCUT2D eigenvalue weighted by molar-refractivity contribution is 0.340. The van der Waals surface area contributed by atoms with Crippen LogP contribution in [0.1, 0.15) is 24.1 Å². The van der Waals surface area contributed by atoms with Gasteiger partial charge in [-0.2, -0.15) is 0 Å². The Morgan fingerprint density at radius 3 is 2.50 bits per heavy atom. The predicted octanol–water partition coefficient (Wildman–Crippen LogP) is 3.51. The number of aryl methyl sites for hydroxylation is 1. The quantitative estimate of drug-likeness (QED) is 0.844. The summed E-state index contributed by atoms with van der Waals surface area (Å²) in [7, 11) is 0. The molecule has 0 amide bonds. The number of ether oxygens (including phenoxy) is 1. The van der Waals surface area contributed by atoms with Crippen LogP contribution in [0.4, 0.5) is 5.69 Å². The van der Waals surface area contributed by atoms with E-state index in [1.54, 1.807) is 0 Å². The van der Waals surface area contributed by atoms with Crippen molar-refractivity contribution in [2.45, 2.75) is 19.9 Å². The minimum Gasteiger partial charge on any atom is -0.494 e. The Morgan fingerprint density at radius 2 is 1.90 bits per heavy atom. The molecule has 0 saturated carbocycles. The van der Waals surface area contributed by atoms with Gasteiger partial charge in [0.05, 0.1) is 12.6 Å². The van der Waals surface area contributed by atoms with Crippen LogP contribution in [0, 0.1) is 6.92 Å². The van der Waals surface area contributed by atoms with Crippen LogP contribution in [0.2, 0.25) is 0 Å². The number of nitrogens with one attached hydrogen (secondary N) is 1. The van der Waals surface area contributed by atoms with E-state index in [4.69, 9.17) is 10.5 Å². The average molecular weight is 270 g/mol. The molecule has 20 heavy (non-hydrogen) atoms. The van der Waals surface area contributed by atoms with Crippen molar-refractivity contribution < 1.29 is 4.74 Å². The van der Waals surface area contributed by atoms with Gasteiger partial charge in [0.15, 0.2) is 0 Å². The van der Waals surface area contributed by atoms with Crippen LogP contribution < -0.4 is 15.8 Å². The van der Waals surface area contributed by atoms with Crippen molar-refractivity contribution in [3.63, 3.8) is 0 Å². The van der Waals surface area contributed by atoms with Gasteiger partial charge in [0.2, 0.25) is 0 Å². The molecule has 0 aliphatic rings. The van der Waals surface area contributed by atoms with Gasteiger partial charge in [-0.15, -0.1) is 0 Å². The number of nitrogens with two attached hydrogens (primary N) is 1. The smallest absolute Gasteiger partial charge is 0.119 e. The van der Waals surface area contributed by atoms with Crippen molar-refractivity contribution in [1.82, 2.24) is 0 Å². The molecule has 0 saturated heterocycles. The third-order valence-corrected chi connectivity index (χ3v) is 3.19. The van der Waals surface area contributed by atoms with Crippen LogP contribution in [-0.4, -0.2) is 13.2 Å². The van der Waals surface area contributed by atoms with Crippen molar-refractivity contribution in [2.75, 3.05) is 18.5 Å². The van der Waals surface area contributed by atoms with Crippen molar-refractivity contribution in [1.29, 1.82) is 0 Å². The fourth-order valence-corrected chi connectivity index (χ4v) is 2.18. The summed E-state index contributed by atoms with van der Waals surface area (Å²) in [6.45, 7) is 5.29. The lowest BCUT2D eigenvalue weighted by Gasteiger charge is -2.19. The highest BCUT2D eigenvalue weighted by molar-refractivity contribution is 5.48. The van der Waals surface area contributed by atoms with E-state index in [1.165, 1.54) is 5.56 Å². The molecule has 2 aromatic carbocycles. The number of anilines is 1. The minimum absolute atomic E-state index is 0.104. The van der Waals surface area contributed by atoms with Crippen LogP contribution in [-0.2, 0) is 0 Å². The molecule has 3 N–H and O–H groups in total. The second-order valence-corrected chi connectivity index (χ2v) is 4.80. The monoisotopic (exact) mass is 270 g/mol. The molecule has 0 heterocycles. The van der Waals surface area contributed by atoms with Gasteiger partial charge in [-0.05, 0) is 49.2 Å². The summed E-state index contributed by atoms with van der Waals surface area (Å²) in [5, 5.41) is 3.47. The Balaban J connectivity index is 2.11. The summed E-state index contributed by atoms with van der Waals surface area (Å²) >= 11 is 0. The van der Waals surface area contributed by atoms with Gasteiger partial charge in [-0.1, -0.05) is 24.3 Å². The SMILES string of the molecule is CCOc1ccc(C(CN)Nc2cccc(C)c2)cc1. The fourth-order valence-electron chi connectivity index (χ4n) is 2.18. The van der Waals surface area contributed by atoms with Crippen LogP contribution in [0.25, 0.3) is 0 Å². The van der Waals surface area contributed by atoms with E-state index in [1.807, 2.05) is 25.1 Å². The zero-order chi connectivity index (χ0) is 14.4. The summed E-state index contributed by atoms with van der Waals surface area (Å²) in [4.78, 5) is 0. The number of hydrogen-bond acceptors (Lipinski definition) is 3. The van der Waals surface area contributed by atoms with Crippen LogP contribution in [0.5, 0.6) is 5.75 Å². The van der Waals surface area contributed by atoms with E-state index in [-0.39, 0.29) is 6.04 Å². The second-order valence-electron chi connectivity index (χ2n) is 4.80. The first-order valence-corrected chi connectivity index (χ1v) is 6.99. The first-order valence-electron chi connectivity index (χ1n) is 6.99. The topological polar surface area (TPSA) is 47.3 Å². The summed E-state index contributed by atoms with van der Waals surface area (Å²) < 4.78 is 5.46. The highest BCUT2D eigenvalue weighted by Crippen LogP contribution is 2.22. The lowest BCUT2D eigenvalue weighted by atomic mass is 10.1. The van der Waals surface area contributed by atoms with Crippen LogP contribution in [0.15, 0.2) is 48.5 Å².